The van der Waals surface area contributed by atoms with Gasteiger partial charge in [-0.25, -0.2) is 8.72 Å². The molecule has 4 nitrogen and oxygen atoms in total. The Hall–Kier alpha value is -1.49. The SMILES string of the molecule is CC(C)(C)[S@@](=O)N=Cc1ccn2nccc2c1. The molecule has 0 aliphatic heterocycles. The molecule has 0 aliphatic rings. The molecule has 2 aromatic rings. The lowest BCUT2D eigenvalue weighted by Crippen LogP contribution is -2.19. The van der Waals surface area contributed by atoms with Crippen LogP contribution < -0.4 is 0 Å². The molecule has 0 radical (unpaired) electrons. The van der Waals surface area contributed by atoms with Gasteiger partial charge >= 0.3 is 0 Å². The van der Waals surface area contributed by atoms with Crippen molar-refractivity contribution in [1.82, 2.24) is 9.61 Å². The van der Waals surface area contributed by atoms with Crippen molar-refractivity contribution in [1.29, 1.82) is 0 Å². The van der Waals surface area contributed by atoms with Gasteiger partial charge in [0.2, 0.25) is 0 Å². The molecule has 0 bridgehead atoms. The third kappa shape index (κ3) is 2.79. The van der Waals surface area contributed by atoms with Crippen molar-refractivity contribution in [3.8, 4) is 0 Å². The van der Waals surface area contributed by atoms with Gasteiger partial charge in [-0.05, 0) is 44.5 Å². The quantitative estimate of drug-likeness (QED) is 0.766. The fourth-order valence-electron chi connectivity index (χ4n) is 1.29. The minimum absolute atomic E-state index is 0.322. The Balaban J connectivity index is 2.23. The molecule has 5 heteroatoms. The zero-order valence-corrected chi connectivity index (χ0v) is 10.9. The molecule has 0 spiro atoms. The van der Waals surface area contributed by atoms with E-state index in [2.05, 4.69) is 9.50 Å². The van der Waals surface area contributed by atoms with Gasteiger partial charge in [0.25, 0.3) is 0 Å². The summed E-state index contributed by atoms with van der Waals surface area (Å²) in [6.45, 7) is 5.71. The standard InChI is InChI=1S/C12H15N3OS/c1-12(2,3)17(16)14-9-10-5-7-15-11(8-10)4-6-13-15/h4-9H,1-3H3/t17-/m1/s1. The second kappa shape index (κ2) is 4.41. The van der Waals surface area contributed by atoms with Crippen molar-refractivity contribution in [2.45, 2.75) is 25.5 Å². The van der Waals surface area contributed by atoms with E-state index in [9.17, 15) is 4.21 Å². The lowest BCUT2D eigenvalue weighted by Gasteiger charge is -2.12. The van der Waals surface area contributed by atoms with Crippen LogP contribution in [0, 0.1) is 0 Å². The minimum Gasteiger partial charge on any atom is -0.241 e. The molecule has 0 aromatic carbocycles. The summed E-state index contributed by atoms with van der Waals surface area (Å²) < 4.78 is 17.3. The van der Waals surface area contributed by atoms with Gasteiger partial charge in [0.15, 0.2) is 0 Å². The molecule has 0 saturated heterocycles. The lowest BCUT2D eigenvalue weighted by molar-refractivity contribution is 0.651. The number of fused-ring (bicyclic) bond motifs is 1. The second-order valence-corrected chi connectivity index (χ2v) is 6.69. The molecule has 0 fully saturated rings. The van der Waals surface area contributed by atoms with Crippen LogP contribution in [0.3, 0.4) is 0 Å². The number of aromatic nitrogens is 2. The van der Waals surface area contributed by atoms with Gasteiger partial charge in [-0.1, -0.05) is 0 Å². The first-order valence-electron chi connectivity index (χ1n) is 5.36. The molecule has 0 N–H and O–H groups in total. The third-order valence-corrected chi connectivity index (χ3v) is 3.59. The van der Waals surface area contributed by atoms with Crippen LogP contribution in [-0.2, 0) is 11.0 Å². The summed E-state index contributed by atoms with van der Waals surface area (Å²) in [6.07, 6.45) is 5.24. The Morgan fingerprint density at radius 3 is 2.88 bits per heavy atom. The molecule has 0 saturated carbocycles. The topological polar surface area (TPSA) is 46.7 Å². The highest BCUT2D eigenvalue weighted by Gasteiger charge is 2.17. The van der Waals surface area contributed by atoms with Crippen molar-refractivity contribution in [2.24, 2.45) is 4.40 Å². The van der Waals surface area contributed by atoms with E-state index in [0.717, 1.165) is 11.1 Å². The highest BCUT2D eigenvalue weighted by Crippen LogP contribution is 2.12. The van der Waals surface area contributed by atoms with Gasteiger partial charge in [0.05, 0.1) is 10.3 Å². The lowest BCUT2D eigenvalue weighted by atomic mass is 10.3. The third-order valence-electron chi connectivity index (χ3n) is 2.25. The van der Waals surface area contributed by atoms with Gasteiger partial charge in [0.1, 0.15) is 11.0 Å². The fourth-order valence-corrected chi connectivity index (χ4v) is 1.82. The van der Waals surface area contributed by atoms with Crippen molar-refractivity contribution in [2.75, 3.05) is 0 Å². The molecule has 17 heavy (non-hydrogen) atoms. The predicted molar refractivity (Wildman–Crippen MR) is 70.7 cm³/mol. The van der Waals surface area contributed by atoms with E-state index in [-0.39, 0.29) is 4.75 Å². The molecular formula is C12H15N3OS. The van der Waals surface area contributed by atoms with Crippen molar-refractivity contribution >= 4 is 22.7 Å². The Morgan fingerprint density at radius 1 is 1.41 bits per heavy atom. The summed E-state index contributed by atoms with van der Waals surface area (Å²) in [5.41, 5.74) is 1.92. The normalized spacial score (nSPS) is 14.5. The fraction of sp³-hybridized carbons (Fsp3) is 0.333. The molecule has 1 atom stereocenters. The van der Waals surface area contributed by atoms with Crippen molar-refractivity contribution in [3.63, 3.8) is 0 Å². The van der Waals surface area contributed by atoms with Crippen LogP contribution >= 0.6 is 0 Å². The van der Waals surface area contributed by atoms with E-state index in [1.54, 1.807) is 16.9 Å². The maximum absolute atomic E-state index is 11.7. The zero-order chi connectivity index (χ0) is 12.5. The van der Waals surface area contributed by atoms with E-state index in [1.807, 2.05) is 45.2 Å². The van der Waals surface area contributed by atoms with Gasteiger partial charge in [-0.3, -0.25) is 0 Å². The highest BCUT2D eigenvalue weighted by molar-refractivity contribution is 7.85. The van der Waals surface area contributed by atoms with E-state index >= 15 is 0 Å². The van der Waals surface area contributed by atoms with E-state index in [1.165, 1.54) is 0 Å². The molecule has 2 aromatic heterocycles. The van der Waals surface area contributed by atoms with Gasteiger partial charge < -0.3 is 0 Å². The monoisotopic (exact) mass is 249 g/mol. The van der Waals surface area contributed by atoms with Crippen LogP contribution in [0.5, 0.6) is 0 Å². The van der Waals surface area contributed by atoms with Crippen LogP contribution in [-0.4, -0.2) is 24.8 Å². The highest BCUT2D eigenvalue weighted by atomic mass is 32.2. The summed E-state index contributed by atoms with van der Waals surface area (Å²) in [6, 6.07) is 5.76. The van der Waals surface area contributed by atoms with Crippen molar-refractivity contribution < 1.29 is 4.21 Å². The Morgan fingerprint density at radius 2 is 2.18 bits per heavy atom. The van der Waals surface area contributed by atoms with Crippen LogP contribution in [0.15, 0.2) is 35.0 Å². The average molecular weight is 249 g/mol. The maximum Gasteiger partial charge on any atom is 0.144 e. The van der Waals surface area contributed by atoms with Gasteiger partial charge in [-0.15, -0.1) is 0 Å². The first-order valence-corrected chi connectivity index (χ1v) is 6.47. The van der Waals surface area contributed by atoms with Crippen LogP contribution in [0.2, 0.25) is 0 Å². The number of hydrogen-bond acceptors (Lipinski definition) is 2. The predicted octanol–water partition coefficient (Wildman–Crippen LogP) is 2.22. The summed E-state index contributed by atoms with van der Waals surface area (Å²) >= 11 is 0. The van der Waals surface area contributed by atoms with Gasteiger partial charge in [-0.2, -0.15) is 9.50 Å². The first-order chi connectivity index (χ1) is 7.97. The van der Waals surface area contributed by atoms with E-state index in [0.29, 0.717) is 0 Å². The molecule has 0 unspecified atom stereocenters. The zero-order valence-electron chi connectivity index (χ0n) is 10.1. The van der Waals surface area contributed by atoms with Crippen molar-refractivity contribution in [3.05, 3.63) is 36.2 Å². The van der Waals surface area contributed by atoms with Gasteiger partial charge in [0, 0.05) is 18.6 Å². The molecule has 0 amide bonds. The smallest absolute Gasteiger partial charge is 0.144 e. The molecular weight excluding hydrogens is 234 g/mol. The molecule has 0 aliphatic carbocycles. The molecule has 2 heterocycles. The van der Waals surface area contributed by atoms with E-state index in [4.69, 9.17) is 0 Å². The minimum atomic E-state index is -1.21. The van der Waals surface area contributed by atoms with Crippen LogP contribution in [0.4, 0.5) is 0 Å². The first kappa shape index (κ1) is 12.0. The molecule has 90 valence electrons. The Kier molecular flexibility index (Phi) is 3.11. The largest absolute Gasteiger partial charge is 0.241 e. The second-order valence-electron chi connectivity index (χ2n) is 4.76. The van der Waals surface area contributed by atoms with Crippen LogP contribution in [0.1, 0.15) is 26.3 Å². The molecule has 2 rings (SSSR count). The summed E-state index contributed by atoms with van der Waals surface area (Å²) in [5.74, 6) is 0. The number of nitrogens with zero attached hydrogens (tertiary/aromatic N) is 3. The summed E-state index contributed by atoms with van der Waals surface area (Å²) in [7, 11) is -1.21. The maximum atomic E-state index is 11.7. The Bertz CT molecular complexity index is 581. The van der Waals surface area contributed by atoms with E-state index < -0.39 is 11.0 Å². The number of pyridine rings is 1. The summed E-state index contributed by atoms with van der Waals surface area (Å²) in [5, 5.41) is 4.11. The Labute approximate surface area is 103 Å². The number of hydrogen-bond donors (Lipinski definition) is 0. The number of rotatable bonds is 2. The average Bonchev–Trinajstić information content (AvgIpc) is 2.71. The van der Waals surface area contributed by atoms with Crippen LogP contribution in [0.25, 0.3) is 5.52 Å². The summed E-state index contributed by atoms with van der Waals surface area (Å²) in [4.78, 5) is 0.